The van der Waals surface area contributed by atoms with E-state index in [0.717, 1.165) is 48.6 Å². The highest BCUT2D eigenvalue weighted by Crippen LogP contribution is 2.39. The average Bonchev–Trinajstić information content (AvgIpc) is 2.54. The Kier molecular flexibility index (Phi) is 4.07. The topological polar surface area (TPSA) is 30.5 Å². The predicted octanol–water partition coefficient (Wildman–Crippen LogP) is 2.37. The maximum Gasteiger partial charge on any atom is 0.175 e. The van der Waals surface area contributed by atoms with Crippen LogP contribution < -0.4 is 14.8 Å². The molecule has 0 spiro atoms. The molecular formula is C12H16BrNO2. The van der Waals surface area contributed by atoms with Crippen LogP contribution in [0.25, 0.3) is 0 Å². The van der Waals surface area contributed by atoms with E-state index in [1.54, 1.807) is 0 Å². The van der Waals surface area contributed by atoms with Crippen molar-refractivity contribution in [3.05, 3.63) is 22.2 Å². The minimum atomic E-state index is 0.723. The van der Waals surface area contributed by atoms with Crippen molar-refractivity contribution >= 4 is 15.9 Å². The van der Waals surface area contributed by atoms with Gasteiger partial charge >= 0.3 is 0 Å². The molecule has 16 heavy (non-hydrogen) atoms. The highest BCUT2D eigenvalue weighted by atomic mass is 79.9. The minimum absolute atomic E-state index is 0.723. The molecule has 1 aliphatic heterocycles. The molecule has 2 rings (SSSR count). The lowest BCUT2D eigenvalue weighted by Gasteiger charge is -2.13. The maximum absolute atomic E-state index is 5.77. The number of nitrogens with one attached hydrogen (secondary N) is 1. The summed E-state index contributed by atoms with van der Waals surface area (Å²) in [5.74, 6) is 1.76. The highest BCUT2D eigenvalue weighted by molar-refractivity contribution is 9.10. The van der Waals surface area contributed by atoms with Crippen molar-refractivity contribution in [2.45, 2.75) is 12.8 Å². The minimum Gasteiger partial charge on any atom is -0.489 e. The Bertz CT molecular complexity index is 368. The lowest BCUT2D eigenvalue weighted by atomic mass is 10.1. The summed E-state index contributed by atoms with van der Waals surface area (Å²) in [6, 6.07) is 4.12. The van der Waals surface area contributed by atoms with E-state index in [0.29, 0.717) is 0 Å². The Balaban J connectivity index is 2.31. The van der Waals surface area contributed by atoms with E-state index in [-0.39, 0.29) is 0 Å². The Morgan fingerprint density at radius 2 is 2.00 bits per heavy atom. The van der Waals surface area contributed by atoms with Gasteiger partial charge in [-0.05, 0) is 47.6 Å². The van der Waals surface area contributed by atoms with E-state index in [1.807, 2.05) is 13.1 Å². The van der Waals surface area contributed by atoms with Gasteiger partial charge in [-0.2, -0.15) is 0 Å². The third-order valence-electron chi connectivity index (χ3n) is 2.57. The summed E-state index contributed by atoms with van der Waals surface area (Å²) >= 11 is 3.50. The molecule has 0 fully saturated rings. The van der Waals surface area contributed by atoms with E-state index >= 15 is 0 Å². The van der Waals surface area contributed by atoms with Gasteiger partial charge in [0.05, 0.1) is 17.7 Å². The molecule has 1 aliphatic rings. The fraction of sp³-hybridized carbons (Fsp3) is 0.500. The fourth-order valence-electron chi connectivity index (χ4n) is 1.74. The van der Waals surface area contributed by atoms with E-state index in [2.05, 4.69) is 27.3 Å². The number of hydrogen-bond acceptors (Lipinski definition) is 3. The van der Waals surface area contributed by atoms with Gasteiger partial charge in [-0.15, -0.1) is 0 Å². The smallest absolute Gasteiger partial charge is 0.175 e. The van der Waals surface area contributed by atoms with Crippen molar-refractivity contribution in [2.24, 2.45) is 0 Å². The summed E-state index contributed by atoms with van der Waals surface area (Å²) in [5.41, 5.74) is 1.20. The number of likely N-dealkylation sites (N-methyl/N-ethyl adjacent to an activating group) is 1. The quantitative estimate of drug-likeness (QED) is 0.925. The van der Waals surface area contributed by atoms with Crippen LogP contribution in [-0.2, 0) is 6.42 Å². The molecule has 0 aliphatic carbocycles. The van der Waals surface area contributed by atoms with Crippen LogP contribution in [0.5, 0.6) is 11.5 Å². The molecule has 0 atom stereocenters. The van der Waals surface area contributed by atoms with Crippen LogP contribution >= 0.6 is 15.9 Å². The van der Waals surface area contributed by atoms with Gasteiger partial charge in [-0.3, -0.25) is 0 Å². The molecule has 0 saturated heterocycles. The van der Waals surface area contributed by atoms with Crippen molar-refractivity contribution in [3.8, 4) is 11.5 Å². The third kappa shape index (κ3) is 2.50. The maximum atomic E-state index is 5.77. The molecule has 3 nitrogen and oxygen atoms in total. The highest BCUT2D eigenvalue weighted by Gasteiger charge is 2.17. The van der Waals surface area contributed by atoms with Crippen LogP contribution in [0.4, 0.5) is 0 Å². The van der Waals surface area contributed by atoms with E-state index in [1.165, 1.54) is 5.56 Å². The van der Waals surface area contributed by atoms with Crippen LogP contribution in [0, 0.1) is 0 Å². The average molecular weight is 286 g/mol. The van der Waals surface area contributed by atoms with Gasteiger partial charge < -0.3 is 14.8 Å². The molecule has 0 amide bonds. The number of hydrogen-bond donors (Lipinski definition) is 1. The fourth-order valence-corrected chi connectivity index (χ4v) is 2.16. The third-order valence-corrected chi connectivity index (χ3v) is 3.20. The molecule has 88 valence electrons. The number of benzene rings is 1. The molecule has 0 unspecified atom stereocenters. The molecule has 0 radical (unpaired) electrons. The Morgan fingerprint density at radius 3 is 2.75 bits per heavy atom. The standard InChI is InChI=1S/C12H16BrNO2/c1-14-6-5-9-3-4-10(13)12-11(9)15-7-2-8-16-12/h3-4,14H,2,5-8H2,1H3. The Hall–Kier alpha value is -0.740. The molecular weight excluding hydrogens is 270 g/mol. The molecule has 1 aromatic rings. The first kappa shape index (κ1) is 11.7. The summed E-state index contributed by atoms with van der Waals surface area (Å²) in [5, 5.41) is 3.15. The molecule has 0 saturated carbocycles. The predicted molar refractivity (Wildman–Crippen MR) is 67.4 cm³/mol. The Labute approximate surface area is 104 Å². The molecule has 1 N–H and O–H groups in total. The second kappa shape index (κ2) is 5.55. The lowest BCUT2D eigenvalue weighted by Crippen LogP contribution is -2.11. The molecule has 0 aromatic heterocycles. The summed E-state index contributed by atoms with van der Waals surface area (Å²) in [6.45, 7) is 2.40. The van der Waals surface area contributed by atoms with Gasteiger partial charge in [0, 0.05) is 6.42 Å². The molecule has 4 heteroatoms. The van der Waals surface area contributed by atoms with Crippen LogP contribution in [0.15, 0.2) is 16.6 Å². The largest absolute Gasteiger partial charge is 0.489 e. The zero-order valence-electron chi connectivity index (χ0n) is 9.38. The Morgan fingerprint density at radius 1 is 1.25 bits per heavy atom. The van der Waals surface area contributed by atoms with E-state index in [4.69, 9.17) is 9.47 Å². The SMILES string of the molecule is CNCCc1ccc(Br)c2c1OCCCO2. The van der Waals surface area contributed by atoms with Crippen LogP contribution in [-0.4, -0.2) is 26.8 Å². The van der Waals surface area contributed by atoms with Gasteiger partial charge in [-0.1, -0.05) is 6.07 Å². The van der Waals surface area contributed by atoms with Gasteiger partial charge in [0.1, 0.15) is 0 Å². The zero-order chi connectivity index (χ0) is 11.4. The van der Waals surface area contributed by atoms with Crippen LogP contribution in [0.1, 0.15) is 12.0 Å². The summed E-state index contributed by atoms with van der Waals surface area (Å²) in [6.07, 6.45) is 1.89. The number of halogens is 1. The second-order valence-electron chi connectivity index (χ2n) is 3.77. The molecule has 1 heterocycles. The van der Waals surface area contributed by atoms with Gasteiger partial charge in [-0.25, -0.2) is 0 Å². The van der Waals surface area contributed by atoms with Crippen molar-refractivity contribution in [1.29, 1.82) is 0 Å². The first-order valence-electron chi connectivity index (χ1n) is 5.54. The second-order valence-corrected chi connectivity index (χ2v) is 4.62. The first-order valence-corrected chi connectivity index (χ1v) is 6.34. The van der Waals surface area contributed by atoms with Crippen LogP contribution in [0.3, 0.4) is 0 Å². The summed E-state index contributed by atoms with van der Waals surface area (Å²) in [7, 11) is 1.95. The van der Waals surface area contributed by atoms with Crippen molar-refractivity contribution in [3.63, 3.8) is 0 Å². The lowest BCUT2D eigenvalue weighted by molar-refractivity contribution is 0.295. The monoisotopic (exact) mass is 285 g/mol. The summed E-state index contributed by atoms with van der Waals surface area (Å²) < 4.78 is 12.5. The van der Waals surface area contributed by atoms with E-state index in [9.17, 15) is 0 Å². The molecule has 1 aromatic carbocycles. The van der Waals surface area contributed by atoms with Gasteiger partial charge in [0.2, 0.25) is 0 Å². The van der Waals surface area contributed by atoms with Crippen molar-refractivity contribution < 1.29 is 9.47 Å². The number of fused-ring (bicyclic) bond motifs is 1. The van der Waals surface area contributed by atoms with Crippen molar-refractivity contribution in [2.75, 3.05) is 26.8 Å². The molecule has 0 bridgehead atoms. The van der Waals surface area contributed by atoms with Gasteiger partial charge in [0.15, 0.2) is 11.5 Å². The van der Waals surface area contributed by atoms with Crippen LogP contribution in [0.2, 0.25) is 0 Å². The van der Waals surface area contributed by atoms with Gasteiger partial charge in [0.25, 0.3) is 0 Å². The number of rotatable bonds is 3. The zero-order valence-corrected chi connectivity index (χ0v) is 11.0. The first-order chi connectivity index (χ1) is 7.83. The summed E-state index contributed by atoms with van der Waals surface area (Å²) in [4.78, 5) is 0. The number of ether oxygens (including phenoxy) is 2. The van der Waals surface area contributed by atoms with E-state index < -0.39 is 0 Å². The van der Waals surface area contributed by atoms with Crippen molar-refractivity contribution in [1.82, 2.24) is 5.32 Å². The normalized spacial score (nSPS) is 14.6.